The van der Waals surface area contributed by atoms with Gasteiger partial charge in [0.25, 0.3) is 5.91 Å². The van der Waals surface area contributed by atoms with Crippen LogP contribution in [0.15, 0.2) is 90.0 Å². The molecule has 0 radical (unpaired) electrons. The lowest BCUT2D eigenvalue weighted by Gasteiger charge is -2.18. The number of nitrogens with one attached hydrogen (secondary N) is 2. The quantitative estimate of drug-likeness (QED) is 0.435. The minimum atomic E-state index is -0.469. The van der Waals surface area contributed by atoms with Gasteiger partial charge in [0.1, 0.15) is 0 Å². The van der Waals surface area contributed by atoms with Gasteiger partial charge in [0.15, 0.2) is 0 Å². The van der Waals surface area contributed by atoms with E-state index in [1.807, 2.05) is 79.7 Å². The van der Waals surface area contributed by atoms with Crippen LogP contribution in [0.5, 0.6) is 0 Å². The molecule has 3 aromatic carbocycles. The molecule has 0 aliphatic rings. The van der Waals surface area contributed by atoms with E-state index in [4.69, 9.17) is 0 Å². The van der Waals surface area contributed by atoms with E-state index in [9.17, 15) is 9.59 Å². The molecule has 0 aromatic heterocycles. The Morgan fingerprint density at radius 3 is 2.13 bits per heavy atom. The fourth-order valence-corrected chi connectivity index (χ4v) is 3.04. The molecule has 158 valence electrons. The first-order valence-corrected chi connectivity index (χ1v) is 10.0. The van der Waals surface area contributed by atoms with Gasteiger partial charge in [-0.2, -0.15) is 5.10 Å². The summed E-state index contributed by atoms with van der Waals surface area (Å²) in [5, 5.41) is 7.00. The molecule has 3 aromatic rings. The maximum absolute atomic E-state index is 12.6. The number of hydrogen-bond acceptors (Lipinski definition) is 4. The highest BCUT2D eigenvalue weighted by Crippen LogP contribution is 2.17. The summed E-state index contributed by atoms with van der Waals surface area (Å²) < 4.78 is 0. The van der Waals surface area contributed by atoms with E-state index < -0.39 is 6.04 Å². The lowest BCUT2D eigenvalue weighted by Crippen LogP contribution is -2.32. The fourth-order valence-electron chi connectivity index (χ4n) is 3.04. The van der Waals surface area contributed by atoms with Crippen LogP contribution in [0.25, 0.3) is 0 Å². The molecule has 6 nitrogen and oxygen atoms in total. The monoisotopic (exact) mass is 414 g/mol. The molecular formula is C25H26N4O2. The topological polar surface area (TPSA) is 73.8 Å². The Morgan fingerprint density at radius 1 is 0.903 bits per heavy atom. The number of hydrazone groups is 1. The van der Waals surface area contributed by atoms with Gasteiger partial charge >= 0.3 is 0 Å². The number of rotatable bonds is 8. The molecule has 0 unspecified atom stereocenters. The van der Waals surface area contributed by atoms with Crippen LogP contribution in [-0.2, 0) is 4.79 Å². The Kier molecular flexibility index (Phi) is 7.54. The first kappa shape index (κ1) is 21.8. The molecule has 0 saturated heterocycles. The third-order valence-electron chi connectivity index (χ3n) is 4.75. The summed E-state index contributed by atoms with van der Waals surface area (Å²) in [6.45, 7) is 0. The zero-order valence-corrected chi connectivity index (χ0v) is 17.7. The minimum absolute atomic E-state index is 0.0689. The molecule has 2 N–H and O–H groups in total. The second-order valence-electron chi connectivity index (χ2n) is 7.29. The lowest BCUT2D eigenvalue weighted by molar-refractivity contribution is -0.121. The zero-order valence-electron chi connectivity index (χ0n) is 17.7. The summed E-state index contributed by atoms with van der Waals surface area (Å²) in [6, 6.07) is 25.7. The lowest BCUT2D eigenvalue weighted by atomic mass is 10.0. The molecule has 0 spiro atoms. The number of carbonyl (C=O) groups excluding carboxylic acids is 2. The second-order valence-corrected chi connectivity index (χ2v) is 7.29. The highest BCUT2D eigenvalue weighted by Gasteiger charge is 2.19. The number of amides is 2. The van der Waals surface area contributed by atoms with E-state index in [-0.39, 0.29) is 18.2 Å². The number of benzene rings is 3. The van der Waals surface area contributed by atoms with Crippen molar-refractivity contribution in [1.82, 2.24) is 10.7 Å². The van der Waals surface area contributed by atoms with Crippen molar-refractivity contribution in [2.75, 3.05) is 19.0 Å². The van der Waals surface area contributed by atoms with E-state index in [2.05, 4.69) is 15.8 Å². The SMILES string of the molecule is CN(C)c1ccc(/C=N\NC(=O)C[C@@H](NC(=O)c2ccccc2)c2ccccc2)cc1. The van der Waals surface area contributed by atoms with Gasteiger partial charge in [0.05, 0.1) is 18.7 Å². The minimum Gasteiger partial charge on any atom is -0.378 e. The molecule has 3 rings (SSSR count). The van der Waals surface area contributed by atoms with Crippen LogP contribution >= 0.6 is 0 Å². The third-order valence-corrected chi connectivity index (χ3v) is 4.75. The zero-order chi connectivity index (χ0) is 22.1. The normalized spacial score (nSPS) is 11.7. The maximum atomic E-state index is 12.6. The summed E-state index contributed by atoms with van der Waals surface area (Å²) >= 11 is 0. The van der Waals surface area contributed by atoms with Gasteiger partial charge < -0.3 is 10.2 Å². The van der Waals surface area contributed by atoms with Crippen LogP contribution in [-0.4, -0.2) is 32.1 Å². The molecule has 6 heteroatoms. The van der Waals surface area contributed by atoms with E-state index in [0.29, 0.717) is 5.56 Å². The van der Waals surface area contributed by atoms with Crippen molar-refractivity contribution in [3.05, 3.63) is 102 Å². The van der Waals surface area contributed by atoms with Crippen LogP contribution in [0.2, 0.25) is 0 Å². The second kappa shape index (κ2) is 10.7. The van der Waals surface area contributed by atoms with E-state index in [0.717, 1.165) is 16.8 Å². The van der Waals surface area contributed by atoms with E-state index in [1.54, 1.807) is 30.5 Å². The highest BCUT2D eigenvalue weighted by molar-refractivity contribution is 5.94. The Labute approximate surface area is 182 Å². The van der Waals surface area contributed by atoms with Crippen LogP contribution in [0.4, 0.5) is 5.69 Å². The predicted molar refractivity (Wildman–Crippen MR) is 124 cm³/mol. The number of nitrogens with zero attached hydrogens (tertiary/aromatic N) is 2. The summed E-state index contributed by atoms with van der Waals surface area (Å²) in [5.74, 6) is -0.518. The van der Waals surface area contributed by atoms with Crippen molar-refractivity contribution in [2.24, 2.45) is 5.10 Å². The van der Waals surface area contributed by atoms with Crippen molar-refractivity contribution in [2.45, 2.75) is 12.5 Å². The summed E-state index contributed by atoms with van der Waals surface area (Å²) in [6.07, 6.45) is 1.66. The maximum Gasteiger partial charge on any atom is 0.251 e. The van der Waals surface area contributed by atoms with Crippen LogP contribution in [0.3, 0.4) is 0 Å². The van der Waals surface area contributed by atoms with Gasteiger partial charge in [-0.05, 0) is 35.4 Å². The van der Waals surface area contributed by atoms with Crippen LogP contribution in [0, 0.1) is 0 Å². The number of anilines is 1. The van der Waals surface area contributed by atoms with Crippen molar-refractivity contribution >= 4 is 23.7 Å². The summed E-state index contributed by atoms with van der Waals surface area (Å²) in [4.78, 5) is 27.1. The molecule has 0 saturated carbocycles. The Morgan fingerprint density at radius 2 is 1.52 bits per heavy atom. The standard InChI is InChI=1S/C25H26N4O2/c1-29(2)22-15-13-19(14-16-22)18-26-28-24(30)17-23(20-9-5-3-6-10-20)27-25(31)21-11-7-4-8-12-21/h3-16,18,23H,17H2,1-2H3,(H,27,31)(H,28,30)/b26-18-/t23-/m1/s1. The molecule has 0 bridgehead atoms. The highest BCUT2D eigenvalue weighted by atomic mass is 16.2. The van der Waals surface area contributed by atoms with Gasteiger partial charge in [0, 0.05) is 25.3 Å². The van der Waals surface area contributed by atoms with Gasteiger partial charge in [-0.1, -0.05) is 60.7 Å². The van der Waals surface area contributed by atoms with Crippen molar-refractivity contribution < 1.29 is 9.59 Å². The molecule has 2 amide bonds. The molecule has 31 heavy (non-hydrogen) atoms. The van der Waals surface area contributed by atoms with Gasteiger partial charge in [-0.25, -0.2) is 5.43 Å². The Bertz CT molecular complexity index is 1020. The van der Waals surface area contributed by atoms with Gasteiger partial charge in [-0.15, -0.1) is 0 Å². The first-order chi connectivity index (χ1) is 15.0. The van der Waals surface area contributed by atoms with Crippen LogP contribution in [0.1, 0.15) is 33.9 Å². The Hall–Kier alpha value is -3.93. The number of carbonyl (C=O) groups is 2. The third kappa shape index (κ3) is 6.54. The summed E-state index contributed by atoms with van der Waals surface area (Å²) in [7, 11) is 3.95. The van der Waals surface area contributed by atoms with Gasteiger partial charge in [-0.3, -0.25) is 9.59 Å². The van der Waals surface area contributed by atoms with Crippen molar-refractivity contribution in [1.29, 1.82) is 0 Å². The predicted octanol–water partition coefficient (Wildman–Crippen LogP) is 3.76. The van der Waals surface area contributed by atoms with Crippen LogP contribution < -0.4 is 15.6 Å². The molecule has 1 atom stereocenters. The molecule has 0 aliphatic carbocycles. The largest absolute Gasteiger partial charge is 0.378 e. The average Bonchev–Trinajstić information content (AvgIpc) is 2.80. The van der Waals surface area contributed by atoms with E-state index in [1.165, 1.54) is 0 Å². The van der Waals surface area contributed by atoms with E-state index >= 15 is 0 Å². The molecule has 0 heterocycles. The first-order valence-electron chi connectivity index (χ1n) is 10.0. The van der Waals surface area contributed by atoms with Crippen molar-refractivity contribution in [3.63, 3.8) is 0 Å². The number of hydrogen-bond donors (Lipinski definition) is 2. The van der Waals surface area contributed by atoms with Crippen molar-refractivity contribution in [3.8, 4) is 0 Å². The summed E-state index contributed by atoms with van der Waals surface area (Å²) in [5.41, 5.74) is 5.91. The Balaban J connectivity index is 1.63. The molecule has 0 fully saturated rings. The fraction of sp³-hybridized carbons (Fsp3) is 0.160. The average molecular weight is 415 g/mol. The molecular weight excluding hydrogens is 388 g/mol. The smallest absolute Gasteiger partial charge is 0.251 e. The molecule has 0 aliphatic heterocycles. The van der Waals surface area contributed by atoms with Gasteiger partial charge in [0.2, 0.25) is 5.91 Å².